The van der Waals surface area contributed by atoms with Gasteiger partial charge >= 0.3 is 30.7 Å². The van der Waals surface area contributed by atoms with Crippen LogP contribution in [0.2, 0.25) is 0 Å². The van der Waals surface area contributed by atoms with Crippen molar-refractivity contribution in [2.24, 2.45) is 0 Å². The van der Waals surface area contributed by atoms with Crippen molar-refractivity contribution in [1.82, 2.24) is 9.97 Å². The van der Waals surface area contributed by atoms with E-state index in [1.54, 1.807) is 0 Å². The molecule has 0 N–H and O–H groups in total. The normalized spacial score (nSPS) is 12.6. The van der Waals surface area contributed by atoms with Gasteiger partial charge in [0.05, 0.1) is 42.9 Å². The maximum absolute atomic E-state index is 13.5. The molecule has 220 valence electrons. The van der Waals surface area contributed by atoms with E-state index < -0.39 is 88.3 Å². The molecule has 0 unspecified atom stereocenters. The lowest BCUT2D eigenvalue weighted by Crippen LogP contribution is -2.36. The quantitative estimate of drug-likeness (QED) is 0.244. The summed E-state index contributed by atoms with van der Waals surface area (Å²) >= 11 is 0. The van der Waals surface area contributed by atoms with Crippen LogP contribution in [0.5, 0.6) is 11.6 Å². The average molecular weight is 641 g/mol. The largest absolute Gasteiger partial charge is 0.489 e. The molecule has 1 aromatic carbocycles. The maximum Gasteiger partial charge on any atom is 0.304 e. The van der Waals surface area contributed by atoms with Gasteiger partial charge in [-0.15, -0.1) is 11.7 Å². The molecule has 1 heterocycles. The van der Waals surface area contributed by atoms with Crippen molar-refractivity contribution in [2.75, 3.05) is 60.3 Å². The first-order valence-corrected chi connectivity index (χ1v) is 16.6. The molecule has 0 radical (unpaired) electrons. The van der Waals surface area contributed by atoms with E-state index in [1.807, 2.05) is 0 Å². The van der Waals surface area contributed by atoms with Gasteiger partial charge in [0.15, 0.2) is 5.82 Å². The predicted octanol–water partition coefficient (Wildman–Crippen LogP) is 0.393. The molecule has 0 atom stereocenters. The fourth-order valence-electron chi connectivity index (χ4n) is 3.15. The van der Waals surface area contributed by atoms with Gasteiger partial charge in [-0.2, -0.15) is 30.2 Å². The molecule has 0 spiro atoms. The van der Waals surface area contributed by atoms with E-state index in [9.17, 15) is 45.3 Å². The standard InChI is InChI=1S/C18H23F3N4O10S4/c1-34-16-17(22-13-23-18(16)35-2)25(9-12-38(21,30)31)39(32,33)15-5-3-14(4-6-15)24(7-10-36(19,26)27)8-11-37(20,28)29/h3-6,13H,7-12H2,1-2H3. The summed E-state index contributed by atoms with van der Waals surface area (Å²) < 4.78 is 143. The molecule has 0 amide bonds. The monoisotopic (exact) mass is 640 g/mol. The Morgan fingerprint density at radius 2 is 1.21 bits per heavy atom. The van der Waals surface area contributed by atoms with Gasteiger partial charge in [-0.3, -0.25) is 0 Å². The lowest BCUT2D eigenvalue weighted by molar-refractivity contribution is 0.341. The van der Waals surface area contributed by atoms with Crippen LogP contribution in [0, 0.1) is 0 Å². The van der Waals surface area contributed by atoms with Crippen molar-refractivity contribution >= 4 is 52.2 Å². The molecule has 2 rings (SSSR count). The summed E-state index contributed by atoms with van der Waals surface area (Å²) in [4.78, 5) is 8.07. The van der Waals surface area contributed by atoms with Crippen molar-refractivity contribution in [3.05, 3.63) is 30.6 Å². The van der Waals surface area contributed by atoms with Crippen LogP contribution in [0.15, 0.2) is 35.5 Å². The number of ether oxygens (including phenoxy) is 2. The Bertz CT molecular complexity index is 1550. The molecule has 0 bridgehead atoms. The number of hydrogen-bond acceptors (Lipinski definition) is 13. The Kier molecular flexibility index (Phi) is 10.4. The molecule has 2 aromatic rings. The van der Waals surface area contributed by atoms with E-state index in [4.69, 9.17) is 9.47 Å². The highest BCUT2D eigenvalue weighted by Crippen LogP contribution is 2.36. The lowest BCUT2D eigenvalue weighted by Gasteiger charge is -2.26. The molecule has 1 aromatic heterocycles. The predicted molar refractivity (Wildman–Crippen MR) is 133 cm³/mol. The second-order valence-corrected chi connectivity index (χ2v) is 13.8. The van der Waals surface area contributed by atoms with Crippen LogP contribution >= 0.6 is 0 Å². The van der Waals surface area contributed by atoms with Crippen molar-refractivity contribution < 1.29 is 54.8 Å². The lowest BCUT2D eigenvalue weighted by atomic mass is 10.3. The zero-order chi connectivity index (χ0) is 29.6. The van der Waals surface area contributed by atoms with Gasteiger partial charge in [0.25, 0.3) is 15.9 Å². The number of hydrogen-bond donors (Lipinski definition) is 0. The summed E-state index contributed by atoms with van der Waals surface area (Å²) in [5.41, 5.74) is 0.000391. The van der Waals surface area contributed by atoms with Gasteiger partial charge in [-0.1, -0.05) is 0 Å². The van der Waals surface area contributed by atoms with Crippen LogP contribution in [0.25, 0.3) is 0 Å². The van der Waals surface area contributed by atoms with Crippen LogP contribution in [0.1, 0.15) is 0 Å². The molecule has 21 heteroatoms. The summed E-state index contributed by atoms with van der Waals surface area (Å²) in [5, 5.41) is 0. The van der Waals surface area contributed by atoms with Gasteiger partial charge in [0, 0.05) is 18.8 Å². The molecule has 0 aliphatic rings. The van der Waals surface area contributed by atoms with Crippen molar-refractivity contribution in [2.45, 2.75) is 4.90 Å². The number of nitrogens with zero attached hydrogens (tertiary/aromatic N) is 4. The van der Waals surface area contributed by atoms with Crippen LogP contribution in [-0.2, 0) is 40.7 Å². The van der Waals surface area contributed by atoms with E-state index in [1.165, 1.54) is 7.11 Å². The zero-order valence-electron chi connectivity index (χ0n) is 20.3. The first kappa shape index (κ1) is 32.3. The minimum atomic E-state index is -5.15. The summed E-state index contributed by atoms with van der Waals surface area (Å²) in [5.74, 6) is -4.42. The number of rotatable bonds is 15. The fourth-order valence-corrected chi connectivity index (χ4v) is 5.96. The Morgan fingerprint density at radius 3 is 1.64 bits per heavy atom. The SMILES string of the molecule is COc1ncnc(N(CCS(=O)(=O)F)S(=O)(=O)c2ccc(N(CCS(=O)(=O)F)CCS(=O)(=O)F)cc2)c1OC. The van der Waals surface area contributed by atoms with Crippen molar-refractivity contribution in [3.63, 3.8) is 0 Å². The first-order chi connectivity index (χ1) is 17.9. The van der Waals surface area contributed by atoms with E-state index >= 15 is 0 Å². The highest BCUT2D eigenvalue weighted by atomic mass is 32.3. The minimum Gasteiger partial charge on any atom is -0.489 e. The maximum atomic E-state index is 13.5. The fraction of sp³-hybridized carbons (Fsp3) is 0.444. The topological polar surface area (TPSA) is 187 Å². The first-order valence-electron chi connectivity index (χ1n) is 10.5. The second kappa shape index (κ2) is 12.5. The number of halogens is 3. The van der Waals surface area contributed by atoms with Gasteiger partial charge in [-0.05, 0) is 24.3 Å². The number of sulfonamides is 1. The molecular weight excluding hydrogens is 617 g/mol. The summed E-state index contributed by atoms with van der Waals surface area (Å²) in [7, 11) is -17.5. The Labute approximate surface area is 224 Å². The zero-order valence-corrected chi connectivity index (χ0v) is 23.5. The third-order valence-electron chi connectivity index (χ3n) is 4.92. The van der Waals surface area contributed by atoms with Crippen LogP contribution in [0.4, 0.5) is 23.2 Å². The molecule has 0 saturated carbocycles. The Balaban J connectivity index is 2.54. The summed E-state index contributed by atoms with van der Waals surface area (Å²) in [6.07, 6.45) is 0.891. The molecule has 0 fully saturated rings. The highest BCUT2D eigenvalue weighted by molar-refractivity contribution is 7.93. The van der Waals surface area contributed by atoms with Crippen molar-refractivity contribution in [1.29, 1.82) is 0 Å². The summed E-state index contributed by atoms with van der Waals surface area (Å²) in [6.45, 7) is -2.15. The second-order valence-electron chi connectivity index (χ2n) is 7.53. The molecule has 0 aliphatic heterocycles. The molecule has 39 heavy (non-hydrogen) atoms. The smallest absolute Gasteiger partial charge is 0.304 e. The van der Waals surface area contributed by atoms with E-state index in [2.05, 4.69) is 9.97 Å². The van der Waals surface area contributed by atoms with E-state index in [-0.39, 0.29) is 17.3 Å². The minimum absolute atomic E-state index is 0.000391. The van der Waals surface area contributed by atoms with Gasteiger partial charge < -0.3 is 14.4 Å². The van der Waals surface area contributed by atoms with Crippen molar-refractivity contribution in [3.8, 4) is 11.6 Å². The number of aromatic nitrogens is 2. The molecule has 0 aliphatic carbocycles. The van der Waals surface area contributed by atoms with Gasteiger partial charge in [-0.25, -0.2) is 17.7 Å². The van der Waals surface area contributed by atoms with Gasteiger partial charge in [0.1, 0.15) is 6.33 Å². The van der Waals surface area contributed by atoms with Crippen LogP contribution in [-0.4, -0.2) is 94.8 Å². The molecule has 14 nitrogen and oxygen atoms in total. The van der Waals surface area contributed by atoms with E-state index in [0.717, 1.165) is 42.6 Å². The number of methoxy groups -OCH3 is 2. The Hall–Kier alpha value is -2.91. The van der Waals surface area contributed by atoms with E-state index in [0.29, 0.717) is 4.31 Å². The average Bonchev–Trinajstić information content (AvgIpc) is 2.82. The Morgan fingerprint density at radius 1 is 0.718 bits per heavy atom. The van der Waals surface area contributed by atoms with Crippen LogP contribution in [0.3, 0.4) is 0 Å². The molecular formula is C18H23F3N4O10S4. The number of benzene rings is 1. The third-order valence-corrected chi connectivity index (χ3v) is 8.74. The molecule has 0 saturated heterocycles. The van der Waals surface area contributed by atoms with Gasteiger partial charge in [0.2, 0.25) is 5.75 Å². The van der Waals surface area contributed by atoms with Crippen LogP contribution < -0.4 is 18.7 Å². The number of anilines is 2. The third kappa shape index (κ3) is 9.65. The highest BCUT2D eigenvalue weighted by Gasteiger charge is 2.32. The summed E-state index contributed by atoms with van der Waals surface area (Å²) in [6, 6.07) is 4.11.